The monoisotopic (exact) mass is 270 g/mol. The Balaban J connectivity index is 1.84. The molecule has 0 bridgehead atoms. The smallest absolute Gasteiger partial charge is 0.259 e. The van der Waals surface area contributed by atoms with Crippen molar-refractivity contribution in [3.05, 3.63) is 53.7 Å². The first-order valence-electron chi connectivity index (χ1n) is 6.40. The molecule has 0 aliphatic carbocycles. The molecule has 2 heterocycles. The van der Waals surface area contributed by atoms with Crippen molar-refractivity contribution in [1.82, 2.24) is 4.98 Å². The SMILES string of the molecule is O=C(Nc1ncccc1O)C1OCCc2ccccc21. The number of ether oxygens (including phenoxy) is 1. The lowest BCUT2D eigenvalue weighted by atomic mass is 9.97. The summed E-state index contributed by atoms with van der Waals surface area (Å²) in [7, 11) is 0. The minimum absolute atomic E-state index is 0.0649. The number of anilines is 1. The van der Waals surface area contributed by atoms with Gasteiger partial charge in [-0.3, -0.25) is 4.79 Å². The summed E-state index contributed by atoms with van der Waals surface area (Å²) < 4.78 is 5.56. The second-order valence-corrected chi connectivity index (χ2v) is 4.56. The molecular formula is C15H14N2O3. The first-order valence-corrected chi connectivity index (χ1v) is 6.40. The van der Waals surface area contributed by atoms with Crippen LogP contribution in [0.1, 0.15) is 17.2 Å². The molecule has 1 aliphatic heterocycles. The highest BCUT2D eigenvalue weighted by molar-refractivity contribution is 5.95. The Kier molecular flexibility index (Phi) is 3.35. The lowest BCUT2D eigenvalue weighted by Gasteiger charge is -2.25. The highest BCUT2D eigenvalue weighted by Gasteiger charge is 2.27. The van der Waals surface area contributed by atoms with Crippen LogP contribution in [0.5, 0.6) is 5.75 Å². The third-order valence-corrected chi connectivity index (χ3v) is 3.26. The quantitative estimate of drug-likeness (QED) is 0.876. The summed E-state index contributed by atoms with van der Waals surface area (Å²) in [5.41, 5.74) is 1.98. The van der Waals surface area contributed by atoms with Crippen LogP contribution in [0.2, 0.25) is 0 Å². The van der Waals surface area contributed by atoms with E-state index in [9.17, 15) is 9.90 Å². The third kappa shape index (κ3) is 2.35. The third-order valence-electron chi connectivity index (χ3n) is 3.26. The average Bonchev–Trinajstić information content (AvgIpc) is 2.49. The topological polar surface area (TPSA) is 71.5 Å². The molecule has 0 radical (unpaired) electrons. The van der Waals surface area contributed by atoms with Crippen molar-refractivity contribution in [3.63, 3.8) is 0 Å². The summed E-state index contributed by atoms with van der Waals surface area (Å²) in [6.45, 7) is 0.503. The van der Waals surface area contributed by atoms with Crippen molar-refractivity contribution < 1.29 is 14.6 Å². The van der Waals surface area contributed by atoms with E-state index in [0.29, 0.717) is 6.61 Å². The molecule has 1 amide bonds. The zero-order valence-electron chi connectivity index (χ0n) is 10.7. The molecule has 1 aliphatic rings. The number of carbonyl (C=O) groups excluding carboxylic acids is 1. The maximum absolute atomic E-state index is 12.3. The standard InChI is InChI=1S/C15H14N2O3/c18-12-6-3-8-16-14(12)17-15(19)13-11-5-2-1-4-10(11)7-9-20-13/h1-6,8,13,18H,7,9H2,(H,16,17,19). The first kappa shape index (κ1) is 12.6. The lowest BCUT2D eigenvalue weighted by molar-refractivity contribution is -0.128. The van der Waals surface area contributed by atoms with Gasteiger partial charge in [-0.25, -0.2) is 4.98 Å². The molecule has 0 saturated heterocycles. The van der Waals surface area contributed by atoms with E-state index in [1.807, 2.05) is 24.3 Å². The molecule has 20 heavy (non-hydrogen) atoms. The Morgan fingerprint density at radius 1 is 1.30 bits per heavy atom. The maximum Gasteiger partial charge on any atom is 0.259 e. The van der Waals surface area contributed by atoms with Gasteiger partial charge in [0, 0.05) is 6.20 Å². The number of nitrogens with zero attached hydrogens (tertiary/aromatic N) is 1. The van der Waals surface area contributed by atoms with E-state index < -0.39 is 6.10 Å². The zero-order valence-corrected chi connectivity index (χ0v) is 10.7. The maximum atomic E-state index is 12.3. The molecule has 1 unspecified atom stereocenters. The number of pyridine rings is 1. The van der Waals surface area contributed by atoms with E-state index in [2.05, 4.69) is 10.3 Å². The minimum atomic E-state index is -0.665. The Morgan fingerprint density at radius 3 is 3.00 bits per heavy atom. The fourth-order valence-electron chi connectivity index (χ4n) is 2.29. The number of nitrogens with one attached hydrogen (secondary N) is 1. The van der Waals surface area contributed by atoms with Crippen molar-refractivity contribution in [1.29, 1.82) is 0 Å². The Hall–Kier alpha value is -2.40. The van der Waals surface area contributed by atoms with E-state index >= 15 is 0 Å². The summed E-state index contributed by atoms with van der Waals surface area (Å²) in [5.74, 6) is -0.250. The number of carbonyl (C=O) groups is 1. The molecule has 0 fully saturated rings. The van der Waals surface area contributed by atoms with Gasteiger partial charge >= 0.3 is 0 Å². The predicted molar refractivity (Wildman–Crippen MR) is 73.4 cm³/mol. The molecule has 1 atom stereocenters. The van der Waals surface area contributed by atoms with Crippen molar-refractivity contribution in [2.75, 3.05) is 11.9 Å². The minimum Gasteiger partial charge on any atom is -0.504 e. The van der Waals surface area contributed by atoms with Gasteiger partial charge in [0.15, 0.2) is 17.7 Å². The molecule has 3 rings (SSSR count). The number of aromatic nitrogens is 1. The summed E-state index contributed by atoms with van der Waals surface area (Å²) >= 11 is 0. The van der Waals surface area contributed by atoms with Crippen LogP contribution in [0.4, 0.5) is 5.82 Å². The molecule has 5 heteroatoms. The van der Waals surface area contributed by atoms with E-state index in [1.54, 1.807) is 6.07 Å². The van der Waals surface area contributed by atoms with Crippen LogP contribution >= 0.6 is 0 Å². The Bertz CT molecular complexity index is 643. The van der Waals surface area contributed by atoms with Gasteiger partial charge in [0.2, 0.25) is 0 Å². The van der Waals surface area contributed by atoms with E-state index in [0.717, 1.165) is 17.5 Å². The molecule has 102 valence electrons. The highest BCUT2D eigenvalue weighted by atomic mass is 16.5. The van der Waals surface area contributed by atoms with Gasteiger partial charge < -0.3 is 15.2 Å². The van der Waals surface area contributed by atoms with Gasteiger partial charge in [-0.1, -0.05) is 24.3 Å². The summed E-state index contributed by atoms with van der Waals surface area (Å²) in [6, 6.07) is 10.8. The summed E-state index contributed by atoms with van der Waals surface area (Å²) in [5, 5.41) is 12.2. The average molecular weight is 270 g/mol. The second-order valence-electron chi connectivity index (χ2n) is 4.56. The molecule has 5 nitrogen and oxygen atoms in total. The van der Waals surface area contributed by atoms with Crippen LogP contribution in [0.25, 0.3) is 0 Å². The van der Waals surface area contributed by atoms with Gasteiger partial charge in [-0.05, 0) is 29.7 Å². The molecular weight excluding hydrogens is 256 g/mol. The zero-order chi connectivity index (χ0) is 13.9. The lowest BCUT2D eigenvalue weighted by Crippen LogP contribution is -2.28. The van der Waals surface area contributed by atoms with Crippen molar-refractivity contribution in [2.45, 2.75) is 12.5 Å². The first-order chi connectivity index (χ1) is 9.75. The highest BCUT2D eigenvalue weighted by Crippen LogP contribution is 2.29. The molecule has 1 aromatic heterocycles. The fourth-order valence-corrected chi connectivity index (χ4v) is 2.29. The number of aromatic hydroxyl groups is 1. The van der Waals surface area contributed by atoms with Gasteiger partial charge in [0.05, 0.1) is 6.61 Å². The Morgan fingerprint density at radius 2 is 2.15 bits per heavy atom. The van der Waals surface area contributed by atoms with Gasteiger partial charge in [-0.15, -0.1) is 0 Å². The van der Waals surface area contributed by atoms with Gasteiger partial charge in [0.1, 0.15) is 0 Å². The van der Waals surface area contributed by atoms with E-state index in [-0.39, 0.29) is 17.5 Å². The number of amides is 1. The van der Waals surface area contributed by atoms with Gasteiger partial charge in [-0.2, -0.15) is 0 Å². The molecule has 2 N–H and O–H groups in total. The van der Waals surface area contributed by atoms with Crippen LogP contribution in [0.15, 0.2) is 42.6 Å². The molecule has 0 saturated carbocycles. The largest absolute Gasteiger partial charge is 0.504 e. The van der Waals surface area contributed by atoms with Crippen LogP contribution in [0.3, 0.4) is 0 Å². The second kappa shape index (κ2) is 5.30. The van der Waals surface area contributed by atoms with E-state index in [1.165, 1.54) is 12.3 Å². The van der Waals surface area contributed by atoms with Crippen LogP contribution in [0, 0.1) is 0 Å². The fraction of sp³-hybridized carbons (Fsp3) is 0.200. The van der Waals surface area contributed by atoms with Crippen LogP contribution < -0.4 is 5.32 Å². The molecule has 1 aromatic carbocycles. The number of benzene rings is 1. The van der Waals surface area contributed by atoms with Gasteiger partial charge in [0.25, 0.3) is 5.91 Å². The van der Waals surface area contributed by atoms with Crippen LogP contribution in [-0.2, 0) is 16.0 Å². The normalized spacial score (nSPS) is 17.3. The molecule has 2 aromatic rings. The Labute approximate surface area is 116 Å². The van der Waals surface area contributed by atoms with Crippen LogP contribution in [-0.4, -0.2) is 22.6 Å². The summed E-state index contributed by atoms with van der Waals surface area (Å²) in [6.07, 6.45) is 1.64. The van der Waals surface area contributed by atoms with E-state index in [4.69, 9.17) is 4.74 Å². The number of hydrogen-bond donors (Lipinski definition) is 2. The van der Waals surface area contributed by atoms with Crippen molar-refractivity contribution >= 4 is 11.7 Å². The van der Waals surface area contributed by atoms with Crippen molar-refractivity contribution in [2.24, 2.45) is 0 Å². The number of fused-ring (bicyclic) bond motifs is 1. The number of hydrogen-bond acceptors (Lipinski definition) is 4. The summed E-state index contributed by atoms with van der Waals surface area (Å²) in [4.78, 5) is 16.2. The van der Waals surface area contributed by atoms with Crippen molar-refractivity contribution in [3.8, 4) is 5.75 Å². The predicted octanol–water partition coefficient (Wildman–Crippen LogP) is 2.04. The molecule has 0 spiro atoms. The number of rotatable bonds is 2.